The number of amides is 2. The van der Waals surface area contributed by atoms with Gasteiger partial charge in [0.05, 0.1) is 17.1 Å². The molecule has 29 heavy (non-hydrogen) atoms. The Morgan fingerprint density at radius 1 is 1.21 bits per heavy atom. The summed E-state index contributed by atoms with van der Waals surface area (Å²) in [5, 5.41) is 8.22. The van der Waals surface area contributed by atoms with Crippen molar-refractivity contribution in [3.8, 4) is 11.5 Å². The largest absolute Gasteiger partial charge is 0.458 e. The second-order valence-corrected chi connectivity index (χ2v) is 7.97. The molecule has 6 nitrogen and oxygen atoms in total. The number of rotatable bonds is 7. The zero-order valence-corrected chi connectivity index (χ0v) is 17.2. The standard InChI is InChI=1S/C21H22FN3O3S/c1-12(2)19(25-20(26)15-6-4-5-7-16(15)22)21(27)23-10-14-8-9-18(28-14)17-11-29-13(3)24-17/h4-9,11-12,19H,10H2,1-3H3,(H,23,27)(H,25,26)/t19-/m0/s1. The first-order valence-electron chi connectivity index (χ1n) is 9.19. The fourth-order valence-corrected chi connectivity index (χ4v) is 3.37. The van der Waals surface area contributed by atoms with Crippen LogP contribution in [-0.4, -0.2) is 22.8 Å². The maximum atomic E-state index is 13.8. The molecule has 1 atom stereocenters. The number of nitrogens with one attached hydrogen (secondary N) is 2. The Morgan fingerprint density at radius 2 is 1.97 bits per heavy atom. The summed E-state index contributed by atoms with van der Waals surface area (Å²) in [5.74, 6) is -0.610. The number of nitrogens with zero attached hydrogens (tertiary/aromatic N) is 1. The van der Waals surface area contributed by atoms with Gasteiger partial charge in [0.25, 0.3) is 5.91 Å². The highest BCUT2D eigenvalue weighted by atomic mass is 32.1. The summed E-state index contributed by atoms with van der Waals surface area (Å²) < 4.78 is 19.6. The average Bonchev–Trinajstić information content (AvgIpc) is 3.33. The molecule has 2 N–H and O–H groups in total. The van der Waals surface area contributed by atoms with E-state index in [0.717, 1.165) is 10.7 Å². The highest BCUT2D eigenvalue weighted by Gasteiger charge is 2.25. The van der Waals surface area contributed by atoms with Crippen LogP contribution < -0.4 is 10.6 Å². The maximum absolute atomic E-state index is 13.8. The molecular weight excluding hydrogens is 393 g/mol. The summed E-state index contributed by atoms with van der Waals surface area (Å²) in [7, 11) is 0. The SMILES string of the molecule is Cc1nc(-c2ccc(CNC(=O)[C@@H](NC(=O)c3ccccc3F)C(C)C)o2)cs1. The Kier molecular flexibility index (Phi) is 6.43. The average molecular weight is 415 g/mol. The summed E-state index contributed by atoms with van der Waals surface area (Å²) in [6.45, 7) is 5.70. The maximum Gasteiger partial charge on any atom is 0.254 e. The molecule has 2 heterocycles. The van der Waals surface area contributed by atoms with E-state index in [1.54, 1.807) is 32.0 Å². The van der Waals surface area contributed by atoms with Gasteiger partial charge in [-0.2, -0.15) is 0 Å². The van der Waals surface area contributed by atoms with Gasteiger partial charge in [-0.15, -0.1) is 11.3 Å². The summed E-state index contributed by atoms with van der Waals surface area (Å²) in [6, 6.07) is 8.42. The Hall–Kier alpha value is -3.00. The third kappa shape index (κ3) is 5.08. The van der Waals surface area contributed by atoms with Gasteiger partial charge in [0, 0.05) is 5.38 Å². The number of aromatic nitrogens is 1. The van der Waals surface area contributed by atoms with Crippen LogP contribution in [0.25, 0.3) is 11.5 Å². The molecule has 0 aliphatic heterocycles. The fourth-order valence-electron chi connectivity index (χ4n) is 2.77. The fraction of sp³-hybridized carbons (Fsp3) is 0.286. The Bertz CT molecular complexity index is 1010. The molecule has 0 aliphatic rings. The van der Waals surface area contributed by atoms with Crippen LogP contribution in [0.5, 0.6) is 0 Å². The van der Waals surface area contributed by atoms with Crippen LogP contribution in [0.15, 0.2) is 46.2 Å². The molecule has 3 aromatic rings. The number of hydrogen-bond acceptors (Lipinski definition) is 5. The number of halogens is 1. The molecule has 2 aromatic heterocycles. The second kappa shape index (κ2) is 9.00. The van der Waals surface area contributed by atoms with Gasteiger partial charge in [-0.1, -0.05) is 26.0 Å². The number of thiazole rings is 1. The predicted molar refractivity (Wildman–Crippen MR) is 109 cm³/mol. The van der Waals surface area contributed by atoms with E-state index in [-0.39, 0.29) is 23.9 Å². The minimum Gasteiger partial charge on any atom is -0.458 e. The van der Waals surface area contributed by atoms with Crippen LogP contribution >= 0.6 is 11.3 Å². The van der Waals surface area contributed by atoms with Gasteiger partial charge >= 0.3 is 0 Å². The number of hydrogen-bond donors (Lipinski definition) is 2. The lowest BCUT2D eigenvalue weighted by molar-refractivity contribution is -0.124. The smallest absolute Gasteiger partial charge is 0.254 e. The van der Waals surface area contributed by atoms with Crippen LogP contribution in [0, 0.1) is 18.7 Å². The molecule has 152 valence electrons. The molecule has 8 heteroatoms. The van der Waals surface area contributed by atoms with Crippen molar-refractivity contribution in [2.75, 3.05) is 0 Å². The van der Waals surface area contributed by atoms with Crippen molar-refractivity contribution < 1.29 is 18.4 Å². The molecule has 0 unspecified atom stereocenters. The minimum absolute atomic E-state index is 0.0971. The van der Waals surface area contributed by atoms with E-state index in [2.05, 4.69) is 15.6 Å². The topological polar surface area (TPSA) is 84.2 Å². The van der Waals surface area contributed by atoms with E-state index < -0.39 is 17.8 Å². The normalized spacial score (nSPS) is 12.0. The highest BCUT2D eigenvalue weighted by molar-refractivity contribution is 7.09. The molecule has 0 radical (unpaired) electrons. The molecule has 0 saturated heterocycles. The molecular formula is C21H22FN3O3S. The number of carbonyl (C=O) groups excluding carboxylic acids is 2. The molecule has 1 aromatic carbocycles. The first kappa shape index (κ1) is 20.7. The molecule has 2 amide bonds. The van der Waals surface area contributed by atoms with Crippen molar-refractivity contribution in [2.24, 2.45) is 5.92 Å². The molecule has 0 fully saturated rings. The van der Waals surface area contributed by atoms with Gasteiger partial charge in [-0.3, -0.25) is 9.59 Å². The molecule has 0 spiro atoms. The zero-order chi connectivity index (χ0) is 21.0. The first-order valence-corrected chi connectivity index (χ1v) is 10.1. The third-order valence-electron chi connectivity index (χ3n) is 4.32. The van der Waals surface area contributed by atoms with Crippen molar-refractivity contribution in [1.29, 1.82) is 0 Å². The van der Waals surface area contributed by atoms with Crippen LogP contribution in [0.1, 0.15) is 35.0 Å². The van der Waals surface area contributed by atoms with Crippen molar-refractivity contribution in [3.05, 3.63) is 63.9 Å². The van der Waals surface area contributed by atoms with E-state index in [4.69, 9.17) is 4.42 Å². The second-order valence-electron chi connectivity index (χ2n) is 6.91. The van der Waals surface area contributed by atoms with E-state index in [0.29, 0.717) is 11.5 Å². The van der Waals surface area contributed by atoms with E-state index in [1.807, 2.05) is 12.3 Å². The highest BCUT2D eigenvalue weighted by Crippen LogP contribution is 2.23. The van der Waals surface area contributed by atoms with Gasteiger partial charge in [-0.05, 0) is 37.1 Å². The minimum atomic E-state index is -0.808. The summed E-state index contributed by atoms with van der Waals surface area (Å²) in [5.41, 5.74) is 0.655. The molecule has 3 rings (SSSR count). The Morgan fingerprint density at radius 3 is 2.62 bits per heavy atom. The number of aryl methyl sites for hydroxylation is 1. The third-order valence-corrected chi connectivity index (χ3v) is 5.10. The van der Waals surface area contributed by atoms with Crippen LogP contribution in [0.3, 0.4) is 0 Å². The first-order chi connectivity index (χ1) is 13.8. The van der Waals surface area contributed by atoms with Crippen LogP contribution in [0.4, 0.5) is 4.39 Å². The lowest BCUT2D eigenvalue weighted by atomic mass is 10.0. The van der Waals surface area contributed by atoms with Gasteiger partial charge in [-0.25, -0.2) is 9.37 Å². The number of furan rings is 1. The van der Waals surface area contributed by atoms with Gasteiger partial charge < -0.3 is 15.1 Å². The number of carbonyl (C=O) groups is 2. The van der Waals surface area contributed by atoms with Gasteiger partial charge in [0.2, 0.25) is 5.91 Å². The van der Waals surface area contributed by atoms with Crippen LogP contribution in [0.2, 0.25) is 0 Å². The monoisotopic (exact) mass is 415 g/mol. The number of benzene rings is 1. The zero-order valence-electron chi connectivity index (χ0n) is 16.4. The molecule has 0 bridgehead atoms. The van der Waals surface area contributed by atoms with Crippen molar-refractivity contribution >= 4 is 23.2 Å². The van der Waals surface area contributed by atoms with E-state index in [1.165, 1.54) is 29.5 Å². The lowest BCUT2D eigenvalue weighted by Crippen LogP contribution is -2.49. The van der Waals surface area contributed by atoms with E-state index >= 15 is 0 Å². The van der Waals surface area contributed by atoms with Crippen LogP contribution in [-0.2, 0) is 11.3 Å². The Balaban J connectivity index is 1.62. The van der Waals surface area contributed by atoms with E-state index in [9.17, 15) is 14.0 Å². The quantitative estimate of drug-likeness (QED) is 0.613. The molecule has 0 saturated carbocycles. The summed E-state index contributed by atoms with van der Waals surface area (Å²) >= 11 is 1.53. The van der Waals surface area contributed by atoms with Crippen molar-refractivity contribution in [2.45, 2.75) is 33.4 Å². The van der Waals surface area contributed by atoms with Crippen molar-refractivity contribution in [3.63, 3.8) is 0 Å². The molecule has 0 aliphatic carbocycles. The predicted octanol–water partition coefficient (Wildman–Crippen LogP) is 3.92. The van der Waals surface area contributed by atoms with Gasteiger partial charge in [0.15, 0.2) is 5.76 Å². The summed E-state index contributed by atoms with van der Waals surface area (Å²) in [6.07, 6.45) is 0. The Labute approximate surface area is 172 Å². The lowest BCUT2D eigenvalue weighted by Gasteiger charge is -2.21. The summed E-state index contributed by atoms with van der Waals surface area (Å²) in [4.78, 5) is 29.4. The van der Waals surface area contributed by atoms with Gasteiger partial charge in [0.1, 0.15) is 23.3 Å². The van der Waals surface area contributed by atoms with Crippen molar-refractivity contribution in [1.82, 2.24) is 15.6 Å².